The Morgan fingerprint density at radius 3 is 1.67 bits per heavy atom. The number of carboxylic acids is 1. The third-order valence-electron chi connectivity index (χ3n) is 19.7. The molecule has 0 bridgehead atoms. The van der Waals surface area contributed by atoms with Crippen molar-refractivity contribution in [1.29, 1.82) is 0 Å². The monoisotopic (exact) mass is 1630 g/mol. The van der Waals surface area contributed by atoms with Gasteiger partial charge < -0.3 is 89.5 Å². The molecule has 0 radical (unpaired) electrons. The van der Waals surface area contributed by atoms with Crippen LogP contribution in [-0.2, 0) is 86.4 Å². The zero-order valence-electron chi connectivity index (χ0n) is 65.1. The van der Waals surface area contributed by atoms with Crippen LogP contribution >= 0.6 is 0 Å². The lowest BCUT2D eigenvalue weighted by Crippen LogP contribution is -2.60. The number of fused-ring (bicyclic) bond motifs is 1. The summed E-state index contributed by atoms with van der Waals surface area (Å²) in [4.78, 5) is 235. The summed E-state index contributed by atoms with van der Waals surface area (Å²) in [6, 6.07) is 11.0. The van der Waals surface area contributed by atoms with E-state index in [1.165, 1.54) is 29.0 Å². The fraction of sp³-hybridized carbons (Fsp3) is 0.474. The van der Waals surface area contributed by atoms with E-state index in [2.05, 4.69) is 42.5 Å². The summed E-state index contributed by atoms with van der Waals surface area (Å²) in [5.74, 6) is -13.6. The van der Waals surface area contributed by atoms with E-state index >= 15 is 4.79 Å². The van der Waals surface area contributed by atoms with Crippen LogP contribution in [0.4, 0.5) is 17.1 Å². The van der Waals surface area contributed by atoms with Crippen LogP contribution in [-0.4, -0.2) is 208 Å². The van der Waals surface area contributed by atoms with Crippen LogP contribution in [0.25, 0.3) is 11.0 Å². The first-order valence-corrected chi connectivity index (χ1v) is 38.4. The highest BCUT2D eigenvalue weighted by Gasteiger charge is 2.44. The molecule has 4 aromatic carbocycles. The highest BCUT2D eigenvalue weighted by atomic mass is 16.6. The van der Waals surface area contributed by atoms with Gasteiger partial charge in [-0.2, -0.15) is 0 Å². The van der Waals surface area contributed by atoms with Gasteiger partial charge in [-0.3, -0.25) is 92.3 Å². The summed E-state index contributed by atoms with van der Waals surface area (Å²) in [5.41, 5.74) is 21.1. The molecule has 0 unspecified atom stereocenters. The van der Waals surface area contributed by atoms with Crippen LogP contribution in [0.1, 0.15) is 127 Å². The van der Waals surface area contributed by atoms with Gasteiger partial charge in [-0.05, 0) is 137 Å². The molecule has 2 aliphatic heterocycles. The molecule has 1 aromatic heterocycles. The number of primary amides is 2. The highest BCUT2D eigenvalue weighted by molar-refractivity contribution is 6.07. The maximum Gasteiger partial charge on any atom is 0.336 e. The fourth-order valence-electron chi connectivity index (χ4n) is 13.9. The van der Waals surface area contributed by atoms with Crippen molar-refractivity contribution in [3.05, 3.63) is 150 Å². The van der Waals surface area contributed by atoms with Gasteiger partial charge in [-0.1, -0.05) is 74.5 Å². The first kappa shape index (κ1) is 91.4. The Hall–Kier alpha value is -12.8. The molecule has 0 saturated carbocycles. The quantitative estimate of drug-likeness (QED) is 0.0106. The number of methoxy groups -OCH3 is 1. The molecule has 3 heterocycles. The summed E-state index contributed by atoms with van der Waals surface area (Å²) in [5, 5.41) is 54.8. The second-order valence-corrected chi connectivity index (χ2v) is 28.8. The van der Waals surface area contributed by atoms with Crippen molar-refractivity contribution >= 4 is 111 Å². The van der Waals surface area contributed by atoms with Crippen molar-refractivity contribution in [1.82, 2.24) is 52.3 Å². The number of anilines is 1. The number of hydrogen-bond donors (Lipinski definition) is 13. The molecule has 5 aromatic rings. The van der Waals surface area contributed by atoms with E-state index in [1.807, 2.05) is 0 Å². The number of hydrogen-bond acceptors (Lipinski definition) is 23. The number of non-ortho nitro benzene ring substituents is 1. The number of aliphatic carboxylic acids is 1. The van der Waals surface area contributed by atoms with Crippen molar-refractivity contribution in [2.75, 3.05) is 51.3 Å². The van der Waals surface area contributed by atoms with E-state index in [4.69, 9.17) is 32.1 Å². The third kappa shape index (κ3) is 27.2. The van der Waals surface area contributed by atoms with Crippen LogP contribution in [0, 0.1) is 26.1 Å². The second-order valence-electron chi connectivity index (χ2n) is 28.8. The van der Waals surface area contributed by atoms with Gasteiger partial charge >= 0.3 is 11.6 Å². The van der Waals surface area contributed by atoms with Gasteiger partial charge in [-0.15, -0.1) is 0 Å². The van der Waals surface area contributed by atoms with E-state index < -0.39 is 214 Å². The summed E-state index contributed by atoms with van der Waals surface area (Å²) < 4.78 is 10.6. The van der Waals surface area contributed by atoms with E-state index in [9.17, 15) is 92.5 Å². The van der Waals surface area contributed by atoms with Crippen molar-refractivity contribution in [3.63, 3.8) is 0 Å². The number of carbonyl (C=O) groups excluding carboxylic acids is 13. The van der Waals surface area contributed by atoms with Gasteiger partial charge in [0, 0.05) is 62.4 Å². The molecule has 17 N–H and O–H groups in total. The lowest BCUT2D eigenvalue weighted by molar-refractivity contribution is -0.393. The molecular formula is C78H101N17O22. The number of nitrogens with zero attached hydrogens (tertiary/aromatic N) is 5. The lowest BCUT2D eigenvalue weighted by atomic mass is 9.99. The molecule has 2 aliphatic rings. The van der Waals surface area contributed by atoms with Gasteiger partial charge in [-0.25, -0.2) is 4.79 Å². The smallest absolute Gasteiger partial charge is 0.336 e. The number of nitrogens with one attached hydrogen (secondary N) is 8. The average Bonchev–Trinajstić information content (AvgIpc) is 1.27. The van der Waals surface area contributed by atoms with E-state index in [0.29, 0.717) is 58.1 Å². The Balaban J connectivity index is 1.10. The number of rotatable bonds is 46. The molecule has 7 rings (SSSR count). The summed E-state index contributed by atoms with van der Waals surface area (Å²) in [7, 11) is 1.44. The molecule has 39 heteroatoms. The first-order valence-electron chi connectivity index (χ1n) is 38.4. The standard InChI is InChI=1S/C78H101N17O22/c1-45(2)36-57(78(111)93(58-29-24-49(94(112)113)41-62(58)95(114)115)61(21-11-13-33-80)74(107)84-44-68(100)101)85-66(98)43-83-70(103)55(37-46-16-6-4-7-17-46)89-73(106)56(38-47-18-8-5-9-19-47)90-72(105)52(27-30-64(81)96)86-71(104)53(28-31-65(82)97)87-76(109)60-23-15-35-92(60)77(110)54(20-10-12-32-79)88-75(108)59-22-14-34-91(59)67(99)39-48-40-69(102)117-63-42-50(116-3)25-26-51(48)63/h4-9,16-19,24-26,29,40-42,45,52-57,59-61H,10-15,20-23,27-28,30-39,43-44,79-80H2,1-3H3,(H2,81,96)(H2,82,97)(H,83,103)(H,84,107)(H,85,98)(H,86,104)(H,87,109)(H,88,108)(H,89,106)(H,90,105)(H,100,101)/t52-,53-,54-,55-,56-,57-,59-,60-,61-/m0/s1. The van der Waals surface area contributed by atoms with Crippen molar-refractivity contribution in [3.8, 4) is 5.75 Å². The largest absolute Gasteiger partial charge is 0.497 e. The number of carbonyl (C=O) groups is 14. The summed E-state index contributed by atoms with van der Waals surface area (Å²) >= 11 is 0. The number of nitrogens with two attached hydrogens (primary N) is 4. The van der Waals surface area contributed by atoms with Gasteiger partial charge in [0.05, 0.1) is 36.0 Å². The predicted octanol–water partition coefficient (Wildman–Crippen LogP) is 0.0906. The van der Waals surface area contributed by atoms with Gasteiger partial charge in [0.1, 0.15) is 77.9 Å². The molecule has 0 spiro atoms. The topological polar surface area (TPSA) is 595 Å². The first-order chi connectivity index (χ1) is 55.8. The summed E-state index contributed by atoms with van der Waals surface area (Å²) in [6.07, 6.45) is -1.22. The third-order valence-corrected chi connectivity index (χ3v) is 19.7. The Bertz CT molecular complexity index is 4490. The number of ether oxygens (including phenoxy) is 1. The van der Waals surface area contributed by atoms with E-state index in [-0.39, 0.29) is 102 Å². The molecular weight excluding hydrogens is 1530 g/mol. The van der Waals surface area contributed by atoms with E-state index in [1.54, 1.807) is 86.6 Å². The molecule has 0 aliphatic carbocycles. The van der Waals surface area contributed by atoms with Crippen molar-refractivity contribution in [2.24, 2.45) is 28.9 Å². The molecule has 2 fully saturated rings. The highest BCUT2D eigenvalue weighted by Crippen LogP contribution is 2.36. The minimum atomic E-state index is -1.75. The zero-order valence-corrected chi connectivity index (χ0v) is 65.1. The maximum absolute atomic E-state index is 15.2. The van der Waals surface area contributed by atoms with Crippen molar-refractivity contribution in [2.45, 2.75) is 184 Å². The number of benzene rings is 4. The Morgan fingerprint density at radius 2 is 1.12 bits per heavy atom. The van der Waals surface area contributed by atoms with Crippen LogP contribution in [0.3, 0.4) is 0 Å². The lowest BCUT2D eigenvalue weighted by Gasteiger charge is -2.34. The Morgan fingerprint density at radius 1 is 0.590 bits per heavy atom. The minimum absolute atomic E-state index is 0.0125. The number of nitro groups is 2. The number of nitro benzene ring substituents is 2. The van der Waals surface area contributed by atoms with E-state index in [0.717, 1.165) is 12.1 Å². The molecule has 39 nitrogen and oxygen atoms in total. The predicted molar refractivity (Wildman–Crippen MR) is 421 cm³/mol. The van der Waals surface area contributed by atoms with Crippen LogP contribution in [0.5, 0.6) is 5.75 Å². The van der Waals surface area contributed by atoms with Gasteiger partial charge in [0.15, 0.2) is 0 Å². The van der Waals surface area contributed by atoms with Gasteiger partial charge in [0.2, 0.25) is 70.9 Å². The molecule has 9 atom stereocenters. The van der Waals surface area contributed by atoms with Crippen molar-refractivity contribution < 1.29 is 91.2 Å². The average molecular weight is 1630 g/mol. The number of unbranched alkanes of at least 4 members (excludes halogenated alkanes) is 2. The zero-order chi connectivity index (χ0) is 85.6. The summed E-state index contributed by atoms with van der Waals surface area (Å²) in [6.45, 7) is 1.92. The normalized spacial score (nSPS) is 15.5. The molecule has 117 heavy (non-hydrogen) atoms. The Labute approximate surface area is 671 Å². The molecule has 13 amide bonds. The maximum atomic E-state index is 15.2. The second kappa shape index (κ2) is 44.7. The number of amides is 13. The SMILES string of the molecule is COc1ccc2c(CC(=O)N3CCC[C@H]3C(=O)N[C@@H](CCCCN)C(=O)N3CCC[C@H]3C(=O)N[C@@H](CCC(N)=O)C(=O)N[C@@H](CCC(N)=O)C(=O)N[C@@H](Cc3ccccc3)C(=O)N[C@@H](Cc3ccccc3)C(=O)NCC(=O)N[C@@H](CC(C)C)C(=O)N(c3ccc([N+](=O)[O-])cc3[N+](=O)[O-])[C@@H](CCCCN)C(=O)NCC(=O)O)cc(=O)oc2c1. The fourth-order valence-corrected chi connectivity index (χ4v) is 13.9. The number of carboxylic acid groups (broad SMARTS) is 1. The Kier molecular flexibility index (Phi) is 34.9. The van der Waals surface area contributed by atoms with Crippen LogP contribution < -0.4 is 80.7 Å². The number of likely N-dealkylation sites (tertiary alicyclic amines) is 2. The molecule has 2 saturated heterocycles. The van der Waals surface area contributed by atoms with Crippen LogP contribution in [0.15, 0.2) is 112 Å². The van der Waals surface area contributed by atoms with Gasteiger partial charge in [0.25, 0.3) is 17.3 Å². The molecule has 630 valence electrons. The van der Waals surface area contributed by atoms with Crippen LogP contribution in [0.2, 0.25) is 0 Å². The minimum Gasteiger partial charge on any atom is -0.497 e.